The summed E-state index contributed by atoms with van der Waals surface area (Å²) in [5.41, 5.74) is 11.4. The van der Waals surface area contributed by atoms with E-state index in [-0.39, 0.29) is 11.7 Å². The molecular formula is C16H17N5O. The van der Waals surface area contributed by atoms with Gasteiger partial charge in [-0.3, -0.25) is 4.79 Å². The number of benzene rings is 1. The highest BCUT2D eigenvalue weighted by molar-refractivity contribution is 6.03. The normalized spacial score (nSPS) is 11.1. The van der Waals surface area contributed by atoms with E-state index < -0.39 is 0 Å². The second-order valence-corrected chi connectivity index (χ2v) is 5.49. The average molecular weight is 295 g/mol. The Morgan fingerprint density at radius 1 is 1.05 bits per heavy atom. The van der Waals surface area contributed by atoms with Crippen molar-refractivity contribution in [2.75, 3.05) is 5.73 Å². The minimum Gasteiger partial charge on any atom is -0.382 e. The van der Waals surface area contributed by atoms with E-state index in [0.717, 1.165) is 22.3 Å². The van der Waals surface area contributed by atoms with Gasteiger partial charge >= 0.3 is 0 Å². The van der Waals surface area contributed by atoms with Gasteiger partial charge in [0, 0.05) is 5.56 Å². The second-order valence-electron chi connectivity index (χ2n) is 5.49. The molecule has 112 valence electrons. The highest BCUT2D eigenvalue weighted by Crippen LogP contribution is 2.24. The van der Waals surface area contributed by atoms with Gasteiger partial charge in [0.15, 0.2) is 17.0 Å². The number of rotatable bonds is 1. The number of hydrogen-bond acceptors (Lipinski definition) is 5. The van der Waals surface area contributed by atoms with Crippen molar-refractivity contribution in [3.05, 3.63) is 46.5 Å². The van der Waals surface area contributed by atoms with Gasteiger partial charge in [-0.2, -0.15) is 0 Å². The van der Waals surface area contributed by atoms with Crippen molar-refractivity contribution in [3.63, 3.8) is 0 Å². The molecule has 1 aromatic carbocycles. The molecule has 0 radical (unpaired) electrons. The predicted molar refractivity (Wildman–Crippen MR) is 84.9 cm³/mol. The fraction of sp³-hybridized carbons (Fsp3) is 0.250. The third-order valence-electron chi connectivity index (χ3n) is 4.16. The van der Waals surface area contributed by atoms with Gasteiger partial charge in [-0.1, -0.05) is 6.07 Å². The number of nitrogens with two attached hydrogens (primary N) is 1. The van der Waals surface area contributed by atoms with Crippen molar-refractivity contribution in [2.24, 2.45) is 0 Å². The standard InChI is InChI=1S/C16H17N5O/c1-8-5-9(2)11(4)12(10(8)3)16(22)21-7-20-13-14(17)18-6-19-15(13)21/h5-7H,1-4H3,(H2,17,18,19). The van der Waals surface area contributed by atoms with E-state index in [1.165, 1.54) is 17.2 Å². The Kier molecular flexibility index (Phi) is 3.16. The van der Waals surface area contributed by atoms with Crippen LogP contribution in [0.5, 0.6) is 0 Å². The van der Waals surface area contributed by atoms with E-state index in [1.807, 2.05) is 27.7 Å². The number of nitrogen functional groups attached to an aromatic ring is 1. The van der Waals surface area contributed by atoms with Crippen molar-refractivity contribution in [1.82, 2.24) is 19.5 Å². The summed E-state index contributed by atoms with van der Waals surface area (Å²) in [6.07, 6.45) is 2.79. The van der Waals surface area contributed by atoms with E-state index in [4.69, 9.17) is 5.73 Å². The zero-order valence-corrected chi connectivity index (χ0v) is 13.0. The van der Waals surface area contributed by atoms with E-state index in [9.17, 15) is 4.79 Å². The molecule has 0 amide bonds. The topological polar surface area (TPSA) is 86.7 Å². The van der Waals surface area contributed by atoms with Crippen molar-refractivity contribution in [2.45, 2.75) is 27.7 Å². The second kappa shape index (κ2) is 4.91. The summed E-state index contributed by atoms with van der Waals surface area (Å²) in [5.74, 6) is 0.118. The number of anilines is 1. The third kappa shape index (κ3) is 1.95. The third-order valence-corrected chi connectivity index (χ3v) is 4.16. The first-order valence-corrected chi connectivity index (χ1v) is 6.97. The van der Waals surface area contributed by atoms with Crippen LogP contribution in [0.2, 0.25) is 0 Å². The summed E-state index contributed by atoms with van der Waals surface area (Å²) in [6.45, 7) is 7.92. The summed E-state index contributed by atoms with van der Waals surface area (Å²) in [5, 5.41) is 0. The molecular weight excluding hydrogens is 278 g/mol. The molecule has 0 unspecified atom stereocenters. The summed E-state index contributed by atoms with van der Waals surface area (Å²) in [7, 11) is 0. The molecule has 2 heterocycles. The molecule has 0 saturated carbocycles. The number of aromatic nitrogens is 4. The molecule has 3 aromatic rings. The first kappa shape index (κ1) is 14.2. The Labute approximate surface area is 128 Å². The number of nitrogens with zero attached hydrogens (tertiary/aromatic N) is 4. The fourth-order valence-electron chi connectivity index (χ4n) is 2.66. The monoisotopic (exact) mass is 295 g/mol. The summed E-state index contributed by atoms with van der Waals surface area (Å²) in [4.78, 5) is 25.2. The lowest BCUT2D eigenvalue weighted by atomic mass is 9.94. The lowest BCUT2D eigenvalue weighted by Gasteiger charge is -2.14. The van der Waals surface area contributed by atoms with Crippen LogP contribution in [-0.4, -0.2) is 25.4 Å². The quantitative estimate of drug-likeness (QED) is 0.744. The van der Waals surface area contributed by atoms with Crippen LogP contribution in [0.4, 0.5) is 5.82 Å². The van der Waals surface area contributed by atoms with Crippen molar-refractivity contribution >= 4 is 22.9 Å². The SMILES string of the molecule is Cc1cc(C)c(C)c(C(=O)n2cnc3c(N)ncnc32)c1C. The molecule has 0 aliphatic heterocycles. The van der Waals surface area contributed by atoms with Crippen LogP contribution in [0.1, 0.15) is 32.6 Å². The Balaban J connectivity index is 2.25. The fourth-order valence-corrected chi connectivity index (χ4v) is 2.66. The molecule has 0 fully saturated rings. The highest BCUT2D eigenvalue weighted by atomic mass is 16.2. The molecule has 6 nitrogen and oxygen atoms in total. The molecule has 22 heavy (non-hydrogen) atoms. The molecule has 0 saturated heterocycles. The molecule has 2 aromatic heterocycles. The lowest BCUT2D eigenvalue weighted by molar-refractivity contribution is 0.0962. The number of carbonyl (C=O) groups excluding carboxylic acids is 1. The van der Waals surface area contributed by atoms with Crippen LogP contribution in [-0.2, 0) is 0 Å². The van der Waals surface area contributed by atoms with Gasteiger partial charge in [0.1, 0.15) is 12.7 Å². The maximum absolute atomic E-state index is 13.0. The zero-order chi connectivity index (χ0) is 16.0. The van der Waals surface area contributed by atoms with Gasteiger partial charge < -0.3 is 5.73 Å². The Hall–Kier alpha value is -2.76. The van der Waals surface area contributed by atoms with E-state index in [0.29, 0.717) is 16.7 Å². The Morgan fingerprint density at radius 3 is 2.32 bits per heavy atom. The van der Waals surface area contributed by atoms with Crippen LogP contribution in [0, 0.1) is 27.7 Å². The van der Waals surface area contributed by atoms with E-state index in [2.05, 4.69) is 21.0 Å². The summed E-state index contributed by atoms with van der Waals surface area (Å²) in [6, 6.07) is 2.09. The maximum atomic E-state index is 13.0. The molecule has 0 aliphatic carbocycles. The minimum absolute atomic E-state index is 0.151. The average Bonchev–Trinajstić information content (AvgIpc) is 2.91. The first-order valence-electron chi connectivity index (χ1n) is 6.97. The molecule has 0 aliphatic rings. The van der Waals surface area contributed by atoms with Crippen LogP contribution >= 0.6 is 0 Å². The molecule has 0 spiro atoms. The van der Waals surface area contributed by atoms with Crippen LogP contribution in [0.25, 0.3) is 11.2 Å². The van der Waals surface area contributed by atoms with Crippen molar-refractivity contribution in [1.29, 1.82) is 0 Å². The van der Waals surface area contributed by atoms with Crippen LogP contribution in [0.15, 0.2) is 18.7 Å². The van der Waals surface area contributed by atoms with Gasteiger partial charge in [-0.15, -0.1) is 0 Å². The smallest absolute Gasteiger partial charge is 0.265 e. The van der Waals surface area contributed by atoms with Crippen LogP contribution in [0.3, 0.4) is 0 Å². The maximum Gasteiger partial charge on any atom is 0.265 e. The van der Waals surface area contributed by atoms with Gasteiger partial charge in [-0.05, 0) is 49.9 Å². The number of imidazole rings is 1. The number of aryl methyl sites for hydroxylation is 2. The number of carbonyl (C=O) groups is 1. The minimum atomic E-state index is -0.151. The molecule has 6 heteroatoms. The summed E-state index contributed by atoms with van der Waals surface area (Å²) < 4.78 is 1.43. The Bertz CT molecular complexity index is 884. The van der Waals surface area contributed by atoms with Crippen molar-refractivity contribution in [3.8, 4) is 0 Å². The van der Waals surface area contributed by atoms with Gasteiger partial charge in [0.05, 0.1) is 0 Å². The number of hydrogen-bond donors (Lipinski definition) is 1. The predicted octanol–water partition coefficient (Wildman–Crippen LogP) is 2.33. The van der Waals surface area contributed by atoms with Crippen LogP contribution < -0.4 is 5.73 Å². The van der Waals surface area contributed by atoms with Gasteiger partial charge in [0.2, 0.25) is 0 Å². The molecule has 3 rings (SSSR count). The van der Waals surface area contributed by atoms with E-state index in [1.54, 1.807) is 0 Å². The first-order chi connectivity index (χ1) is 10.4. The molecule has 0 bridgehead atoms. The summed E-state index contributed by atoms with van der Waals surface area (Å²) >= 11 is 0. The largest absolute Gasteiger partial charge is 0.382 e. The molecule has 0 atom stereocenters. The van der Waals surface area contributed by atoms with Gasteiger partial charge in [0.25, 0.3) is 5.91 Å². The Morgan fingerprint density at radius 2 is 1.68 bits per heavy atom. The molecule has 2 N–H and O–H groups in total. The highest BCUT2D eigenvalue weighted by Gasteiger charge is 2.20. The lowest BCUT2D eigenvalue weighted by Crippen LogP contribution is -2.16. The van der Waals surface area contributed by atoms with E-state index >= 15 is 0 Å². The van der Waals surface area contributed by atoms with Crippen molar-refractivity contribution < 1.29 is 4.79 Å². The number of fused-ring (bicyclic) bond motifs is 1. The zero-order valence-electron chi connectivity index (χ0n) is 13.0. The van der Waals surface area contributed by atoms with Gasteiger partial charge in [-0.25, -0.2) is 19.5 Å².